The summed E-state index contributed by atoms with van der Waals surface area (Å²) in [6.07, 6.45) is 1.58. The second-order valence-electron chi connectivity index (χ2n) is 5.73. The molecule has 0 spiro atoms. The van der Waals surface area contributed by atoms with Crippen molar-refractivity contribution < 1.29 is 9.18 Å². The number of nitrogens with zero attached hydrogens (tertiary/aromatic N) is 1. The van der Waals surface area contributed by atoms with Crippen LogP contribution in [0.4, 0.5) is 15.8 Å². The van der Waals surface area contributed by atoms with Crippen LogP contribution in [0.1, 0.15) is 21.6 Å². The molecule has 0 radical (unpaired) electrons. The van der Waals surface area contributed by atoms with Gasteiger partial charge in [-0.3, -0.25) is 9.78 Å². The molecule has 2 aromatic carbocycles. The minimum atomic E-state index is -0.349. The lowest BCUT2D eigenvalue weighted by atomic mass is 10.1. The molecular formula is C20H18FN3O. The number of aryl methyl sites for hydroxylation is 1. The number of rotatable bonds is 5. The first-order valence-electron chi connectivity index (χ1n) is 7.92. The molecule has 0 aliphatic heterocycles. The van der Waals surface area contributed by atoms with Gasteiger partial charge < -0.3 is 10.6 Å². The van der Waals surface area contributed by atoms with E-state index < -0.39 is 0 Å². The number of anilines is 2. The van der Waals surface area contributed by atoms with Crippen molar-refractivity contribution in [2.24, 2.45) is 0 Å². The molecule has 0 bridgehead atoms. The minimum Gasteiger partial charge on any atom is -0.381 e. The Bertz CT molecular complexity index is 861. The maximum absolute atomic E-state index is 12.9. The molecule has 1 heterocycles. The Morgan fingerprint density at radius 2 is 1.72 bits per heavy atom. The second-order valence-corrected chi connectivity index (χ2v) is 5.73. The predicted molar refractivity (Wildman–Crippen MR) is 97.1 cm³/mol. The minimum absolute atomic E-state index is 0.290. The Morgan fingerprint density at radius 1 is 1.00 bits per heavy atom. The van der Waals surface area contributed by atoms with E-state index in [1.54, 1.807) is 12.3 Å². The van der Waals surface area contributed by atoms with E-state index in [4.69, 9.17) is 0 Å². The lowest BCUT2D eigenvalue weighted by Crippen LogP contribution is -2.14. The Labute approximate surface area is 145 Å². The summed E-state index contributed by atoms with van der Waals surface area (Å²) in [6, 6.07) is 17.3. The summed E-state index contributed by atoms with van der Waals surface area (Å²) in [5.41, 5.74) is 3.98. The number of hydrogen-bond donors (Lipinski definition) is 2. The van der Waals surface area contributed by atoms with Crippen LogP contribution in [0.2, 0.25) is 0 Å². The smallest absolute Gasteiger partial charge is 0.274 e. The second kappa shape index (κ2) is 7.57. The zero-order chi connectivity index (χ0) is 17.6. The van der Waals surface area contributed by atoms with E-state index in [9.17, 15) is 9.18 Å². The fourth-order valence-corrected chi connectivity index (χ4v) is 2.30. The van der Waals surface area contributed by atoms with Gasteiger partial charge in [-0.1, -0.05) is 29.8 Å². The Morgan fingerprint density at radius 3 is 2.44 bits per heavy atom. The number of aromatic nitrogens is 1. The summed E-state index contributed by atoms with van der Waals surface area (Å²) in [6.45, 7) is 2.70. The molecule has 3 aromatic rings. The van der Waals surface area contributed by atoms with E-state index in [2.05, 4.69) is 39.9 Å². The third-order valence-electron chi connectivity index (χ3n) is 3.71. The van der Waals surface area contributed by atoms with Crippen molar-refractivity contribution >= 4 is 17.3 Å². The molecule has 126 valence electrons. The number of carbonyl (C=O) groups excluding carboxylic acids is 1. The van der Waals surface area contributed by atoms with Crippen molar-refractivity contribution in [1.82, 2.24) is 4.98 Å². The standard InChI is InChI=1S/C20H18FN3O/c1-14-2-4-15(5-3-14)13-23-18-10-11-22-19(12-18)20(25)24-17-8-6-16(21)7-9-17/h2-12H,13H2,1H3,(H,22,23)(H,24,25). The molecule has 0 saturated carbocycles. The Hall–Kier alpha value is -3.21. The fraction of sp³-hybridized carbons (Fsp3) is 0.100. The van der Waals surface area contributed by atoms with Crippen molar-refractivity contribution in [1.29, 1.82) is 0 Å². The molecule has 0 saturated heterocycles. The van der Waals surface area contributed by atoms with Crippen LogP contribution in [0.5, 0.6) is 0 Å². The lowest BCUT2D eigenvalue weighted by Gasteiger charge is -2.09. The van der Waals surface area contributed by atoms with Gasteiger partial charge in [-0.15, -0.1) is 0 Å². The predicted octanol–water partition coefficient (Wildman–Crippen LogP) is 4.39. The molecular weight excluding hydrogens is 317 g/mol. The number of pyridine rings is 1. The summed E-state index contributed by atoms with van der Waals surface area (Å²) >= 11 is 0. The first kappa shape index (κ1) is 16.6. The number of benzene rings is 2. The number of amides is 1. The van der Waals surface area contributed by atoms with Crippen LogP contribution in [0.25, 0.3) is 0 Å². The topological polar surface area (TPSA) is 54.0 Å². The van der Waals surface area contributed by atoms with Gasteiger partial charge >= 0.3 is 0 Å². The van der Waals surface area contributed by atoms with Gasteiger partial charge in [-0.2, -0.15) is 0 Å². The molecule has 4 nitrogen and oxygen atoms in total. The normalized spacial score (nSPS) is 10.3. The molecule has 0 unspecified atom stereocenters. The summed E-state index contributed by atoms with van der Waals surface area (Å²) < 4.78 is 12.9. The van der Waals surface area contributed by atoms with E-state index in [0.717, 1.165) is 11.3 Å². The molecule has 0 atom stereocenters. The zero-order valence-corrected chi connectivity index (χ0v) is 13.8. The van der Waals surface area contributed by atoms with Crippen molar-refractivity contribution in [3.8, 4) is 0 Å². The van der Waals surface area contributed by atoms with E-state index in [0.29, 0.717) is 17.9 Å². The van der Waals surface area contributed by atoms with Gasteiger partial charge in [0.25, 0.3) is 5.91 Å². The van der Waals surface area contributed by atoms with E-state index >= 15 is 0 Å². The summed E-state index contributed by atoms with van der Waals surface area (Å²) in [7, 11) is 0. The van der Waals surface area contributed by atoms with Crippen molar-refractivity contribution in [3.05, 3.63) is 89.5 Å². The van der Waals surface area contributed by atoms with E-state index in [1.807, 2.05) is 13.0 Å². The Kier molecular flexibility index (Phi) is 5.04. The molecule has 1 aromatic heterocycles. The molecule has 3 rings (SSSR count). The Balaban J connectivity index is 1.64. The molecule has 25 heavy (non-hydrogen) atoms. The van der Waals surface area contributed by atoms with Crippen LogP contribution < -0.4 is 10.6 Å². The number of carbonyl (C=O) groups is 1. The third-order valence-corrected chi connectivity index (χ3v) is 3.71. The maximum Gasteiger partial charge on any atom is 0.274 e. The molecule has 0 aliphatic carbocycles. The van der Waals surface area contributed by atoms with Crippen LogP contribution in [0, 0.1) is 12.7 Å². The quantitative estimate of drug-likeness (QED) is 0.727. The highest BCUT2D eigenvalue weighted by Gasteiger charge is 2.08. The summed E-state index contributed by atoms with van der Waals surface area (Å²) in [4.78, 5) is 16.4. The highest BCUT2D eigenvalue weighted by Crippen LogP contribution is 2.13. The van der Waals surface area contributed by atoms with E-state index in [-0.39, 0.29) is 11.7 Å². The highest BCUT2D eigenvalue weighted by atomic mass is 19.1. The molecule has 5 heteroatoms. The van der Waals surface area contributed by atoms with Crippen LogP contribution in [0.3, 0.4) is 0 Å². The zero-order valence-electron chi connectivity index (χ0n) is 13.8. The van der Waals surface area contributed by atoms with Gasteiger partial charge in [0.05, 0.1) is 0 Å². The van der Waals surface area contributed by atoms with Gasteiger partial charge in [0.1, 0.15) is 11.5 Å². The van der Waals surface area contributed by atoms with Crippen LogP contribution in [-0.2, 0) is 6.54 Å². The fourth-order valence-electron chi connectivity index (χ4n) is 2.30. The summed E-state index contributed by atoms with van der Waals surface area (Å²) in [5, 5.41) is 5.97. The van der Waals surface area contributed by atoms with Crippen molar-refractivity contribution in [2.45, 2.75) is 13.5 Å². The van der Waals surface area contributed by atoms with Crippen molar-refractivity contribution in [3.63, 3.8) is 0 Å². The molecule has 0 aliphatic rings. The number of nitrogens with one attached hydrogen (secondary N) is 2. The number of hydrogen-bond acceptors (Lipinski definition) is 3. The monoisotopic (exact) mass is 335 g/mol. The van der Waals surface area contributed by atoms with Crippen LogP contribution >= 0.6 is 0 Å². The van der Waals surface area contributed by atoms with Gasteiger partial charge in [0.2, 0.25) is 0 Å². The third kappa shape index (κ3) is 4.64. The summed E-state index contributed by atoms with van der Waals surface area (Å²) in [5.74, 6) is -0.691. The first-order valence-corrected chi connectivity index (χ1v) is 7.92. The molecule has 2 N–H and O–H groups in total. The average Bonchev–Trinajstić information content (AvgIpc) is 2.63. The van der Waals surface area contributed by atoms with E-state index in [1.165, 1.54) is 29.8 Å². The largest absolute Gasteiger partial charge is 0.381 e. The maximum atomic E-state index is 12.9. The van der Waals surface area contributed by atoms with Crippen LogP contribution in [-0.4, -0.2) is 10.9 Å². The van der Waals surface area contributed by atoms with Crippen LogP contribution in [0.15, 0.2) is 66.9 Å². The average molecular weight is 335 g/mol. The van der Waals surface area contributed by atoms with Gasteiger partial charge in [-0.05, 0) is 48.9 Å². The van der Waals surface area contributed by atoms with Gasteiger partial charge in [0.15, 0.2) is 0 Å². The lowest BCUT2D eigenvalue weighted by molar-refractivity contribution is 0.102. The highest BCUT2D eigenvalue weighted by molar-refractivity contribution is 6.03. The molecule has 1 amide bonds. The SMILES string of the molecule is Cc1ccc(CNc2ccnc(C(=O)Nc3ccc(F)cc3)c2)cc1. The van der Waals surface area contributed by atoms with Gasteiger partial charge in [-0.25, -0.2) is 4.39 Å². The van der Waals surface area contributed by atoms with Crippen molar-refractivity contribution in [2.75, 3.05) is 10.6 Å². The first-order chi connectivity index (χ1) is 12.1. The number of halogens is 1. The molecule has 0 fully saturated rings. The van der Waals surface area contributed by atoms with Gasteiger partial charge in [0, 0.05) is 24.1 Å².